The topological polar surface area (TPSA) is 79.2 Å². The van der Waals surface area contributed by atoms with E-state index in [4.69, 9.17) is 0 Å². The number of hydrogen-bond donors (Lipinski definition) is 1. The van der Waals surface area contributed by atoms with Crippen LogP contribution >= 0.6 is 11.5 Å². The maximum atomic E-state index is 12.7. The number of para-hydroxylation sites is 2. The van der Waals surface area contributed by atoms with Crippen LogP contribution in [0, 0.1) is 0 Å². The lowest BCUT2D eigenvalue weighted by Crippen LogP contribution is -2.50. The second-order valence-corrected chi connectivity index (χ2v) is 7.88. The van der Waals surface area contributed by atoms with E-state index in [1.54, 1.807) is 0 Å². The fourth-order valence-corrected chi connectivity index (χ4v) is 4.32. The average Bonchev–Trinajstić information content (AvgIpc) is 3.40. The maximum Gasteiger partial charge on any atom is 0.324 e. The molecular formula is C21H21N7OS. The van der Waals surface area contributed by atoms with Crippen LogP contribution in [0.15, 0.2) is 54.6 Å². The first-order valence-electron chi connectivity index (χ1n) is 9.80. The third kappa shape index (κ3) is 3.48. The number of nitrogens with one attached hydrogen (secondary N) is 1. The van der Waals surface area contributed by atoms with Gasteiger partial charge in [-0.05, 0) is 12.1 Å². The molecule has 2 amide bonds. The summed E-state index contributed by atoms with van der Waals surface area (Å²) in [5.74, 6) is 1.30. The molecule has 0 saturated carbocycles. The first-order chi connectivity index (χ1) is 14.7. The van der Waals surface area contributed by atoms with Gasteiger partial charge in [-0.2, -0.15) is 9.36 Å². The number of carbonyl (C=O) groups is 1. The van der Waals surface area contributed by atoms with Crippen molar-refractivity contribution >= 4 is 39.7 Å². The van der Waals surface area contributed by atoms with Crippen LogP contribution in [0.1, 0.15) is 0 Å². The van der Waals surface area contributed by atoms with Crippen LogP contribution in [0.2, 0.25) is 0 Å². The fourth-order valence-electron chi connectivity index (χ4n) is 3.58. The number of fused-ring (bicyclic) bond motifs is 1. The van der Waals surface area contributed by atoms with Crippen molar-refractivity contribution in [2.24, 2.45) is 7.05 Å². The van der Waals surface area contributed by atoms with E-state index in [1.165, 1.54) is 11.5 Å². The van der Waals surface area contributed by atoms with Gasteiger partial charge < -0.3 is 14.4 Å². The minimum absolute atomic E-state index is 0.129. The van der Waals surface area contributed by atoms with Gasteiger partial charge in [0.1, 0.15) is 0 Å². The van der Waals surface area contributed by atoms with E-state index in [0.717, 1.165) is 40.6 Å². The highest BCUT2D eigenvalue weighted by Gasteiger charge is 2.24. The maximum absolute atomic E-state index is 12.7. The van der Waals surface area contributed by atoms with Crippen LogP contribution in [0.5, 0.6) is 0 Å². The molecule has 0 radical (unpaired) electrons. The lowest BCUT2D eigenvalue weighted by atomic mass is 10.2. The number of nitrogens with zero attached hydrogens (tertiary/aromatic N) is 6. The molecule has 2 aromatic heterocycles. The largest absolute Gasteiger partial charge is 0.343 e. The highest BCUT2D eigenvalue weighted by Crippen LogP contribution is 2.25. The molecule has 3 heterocycles. The van der Waals surface area contributed by atoms with Gasteiger partial charge >= 0.3 is 6.03 Å². The van der Waals surface area contributed by atoms with E-state index in [2.05, 4.69) is 24.6 Å². The number of amides is 2. The molecule has 1 aliphatic rings. The van der Waals surface area contributed by atoms with Crippen molar-refractivity contribution in [3.8, 4) is 11.4 Å². The van der Waals surface area contributed by atoms with Crippen LogP contribution < -0.4 is 10.2 Å². The predicted molar refractivity (Wildman–Crippen MR) is 119 cm³/mol. The highest BCUT2D eigenvalue weighted by atomic mass is 32.1. The zero-order valence-corrected chi connectivity index (χ0v) is 17.3. The Hall–Kier alpha value is -3.46. The summed E-state index contributed by atoms with van der Waals surface area (Å²) in [6, 6.07) is 17.7. The molecule has 30 heavy (non-hydrogen) atoms. The molecule has 0 aliphatic carbocycles. The van der Waals surface area contributed by atoms with Gasteiger partial charge in [0.2, 0.25) is 11.1 Å². The molecule has 1 aliphatic heterocycles. The van der Waals surface area contributed by atoms with Crippen LogP contribution in [0.25, 0.3) is 22.4 Å². The van der Waals surface area contributed by atoms with E-state index in [1.807, 2.05) is 71.1 Å². The van der Waals surface area contributed by atoms with Gasteiger partial charge in [-0.25, -0.2) is 9.78 Å². The second-order valence-electron chi connectivity index (χ2n) is 7.15. The number of imidazole rings is 1. The fraction of sp³-hybridized carbons (Fsp3) is 0.238. The monoisotopic (exact) mass is 419 g/mol. The minimum atomic E-state index is -0.129. The molecule has 0 unspecified atom stereocenters. The minimum Gasteiger partial charge on any atom is -0.343 e. The van der Waals surface area contributed by atoms with Gasteiger partial charge in [0.15, 0.2) is 5.82 Å². The van der Waals surface area contributed by atoms with Crippen molar-refractivity contribution in [1.29, 1.82) is 0 Å². The summed E-state index contributed by atoms with van der Waals surface area (Å²) < 4.78 is 6.39. The molecule has 0 spiro atoms. The summed E-state index contributed by atoms with van der Waals surface area (Å²) in [5.41, 5.74) is 2.87. The van der Waals surface area contributed by atoms with Crippen molar-refractivity contribution in [3.63, 3.8) is 0 Å². The van der Waals surface area contributed by atoms with Crippen molar-refractivity contribution in [2.45, 2.75) is 0 Å². The van der Waals surface area contributed by atoms with Crippen LogP contribution in [0.4, 0.5) is 15.9 Å². The number of aryl methyl sites for hydroxylation is 1. The number of aromatic nitrogens is 4. The van der Waals surface area contributed by atoms with Gasteiger partial charge in [0.25, 0.3) is 0 Å². The van der Waals surface area contributed by atoms with Crippen molar-refractivity contribution < 1.29 is 4.79 Å². The number of urea groups is 1. The normalized spacial score (nSPS) is 14.3. The molecule has 1 fully saturated rings. The Morgan fingerprint density at radius 3 is 2.47 bits per heavy atom. The zero-order valence-electron chi connectivity index (χ0n) is 16.5. The number of carbonyl (C=O) groups excluding carboxylic acids is 1. The average molecular weight is 420 g/mol. The van der Waals surface area contributed by atoms with Crippen LogP contribution in [-0.2, 0) is 7.05 Å². The SMILES string of the molecule is Cn1c(NC(=O)N2CCN(c3nc(-c4ccccc4)ns3)CC2)nc2ccccc21. The Morgan fingerprint density at radius 1 is 0.967 bits per heavy atom. The standard InChI is InChI=1S/C21H21N7OS/c1-26-17-10-6-5-9-16(17)22-19(26)24-20(29)27-11-13-28(14-12-27)21-23-18(25-30-21)15-7-3-2-4-8-15/h2-10H,11-14H2,1H3,(H,22,24,29). The number of anilines is 2. The van der Waals surface area contributed by atoms with E-state index < -0.39 is 0 Å². The first-order valence-corrected chi connectivity index (χ1v) is 10.6. The zero-order chi connectivity index (χ0) is 20.5. The lowest BCUT2D eigenvalue weighted by molar-refractivity contribution is 0.208. The number of piperazine rings is 1. The molecule has 152 valence electrons. The Balaban J connectivity index is 1.22. The van der Waals surface area contributed by atoms with Crippen molar-refractivity contribution in [3.05, 3.63) is 54.6 Å². The van der Waals surface area contributed by atoms with Gasteiger partial charge in [-0.15, -0.1) is 0 Å². The van der Waals surface area contributed by atoms with Crippen molar-refractivity contribution in [2.75, 3.05) is 36.4 Å². The van der Waals surface area contributed by atoms with E-state index in [0.29, 0.717) is 19.0 Å². The van der Waals surface area contributed by atoms with Crippen molar-refractivity contribution in [1.82, 2.24) is 23.8 Å². The molecule has 0 atom stereocenters. The Kier molecular flexibility index (Phi) is 4.80. The molecule has 2 aromatic carbocycles. The highest BCUT2D eigenvalue weighted by molar-refractivity contribution is 7.09. The molecule has 4 aromatic rings. The lowest BCUT2D eigenvalue weighted by Gasteiger charge is -2.34. The summed E-state index contributed by atoms with van der Waals surface area (Å²) in [6.45, 7) is 2.69. The summed E-state index contributed by atoms with van der Waals surface area (Å²) in [7, 11) is 1.91. The van der Waals surface area contributed by atoms with Gasteiger partial charge in [0, 0.05) is 50.3 Å². The first kappa shape index (κ1) is 18.6. The van der Waals surface area contributed by atoms with Gasteiger partial charge in [-0.1, -0.05) is 42.5 Å². The molecule has 9 heteroatoms. The molecule has 0 bridgehead atoms. The summed E-state index contributed by atoms with van der Waals surface area (Å²) >= 11 is 1.40. The predicted octanol–water partition coefficient (Wildman–Crippen LogP) is 3.45. The molecule has 1 saturated heterocycles. The third-order valence-corrected chi connectivity index (χ3v) is 6.07. The van der Waals surface area contributed by atoms with E-state index in [-0.39, 0.29) is 6.03 Å². The summed E-state index contributed by atoms with van der Waals surface area (Å²) in [6.07, 6.45) is 0. The number of rotatable bonds is 3. The Labute approximate surface area is 178 Å². The van der Waals surface area contributed by atoms with Gasteiger partial charge in [-0.3, -0.25) is 5.32 Å². The van der Waals surface area contributed by atoms with E-state index >= 15 is 0 Å². The number of benzene rings is 2. The second kappa shape index (κ2) is 7.75. The van der Waals surface area contributed by atoms with Crippen LogP contribution in [-0.4, -0.2) is 56.0 Å². The molecular weight excluding hydrogens is 398 g/mol. The molecule has 5 rings (SSSR count). The Morgan fingerprint density at radius 2 is 1.70 bits per heavy atom. The summed E-state index contributed by atoms with van der Waals surface area (Å²) in [4.78, 5) is 25.9. The Bertz CT molecular complexity index is 1180. The summed E-state index contributed by atoms with van der Waals surface area (Å²) in [5, 5.41) is 3.84. The molecule has 8 nitrogen and oxygen atoms in total. The quantitative estimate of drug-likeness (QED) is 0.550. The van der Waals surface area contributed by atoms with E-state index in [9.17, 15) is 4.79 Å². The third-order valence-electron chi connectivity index (χ3n) is 5.29. The molecule has 1 N–H and O–H groups in total. The number of hydrogen-bond acceptors (Lipinski definition) is 6. The van der Waals surface area contributed by atoms with Crippen LogP contribution in [0.3, 0.4) is 0 Å². The smallest absolute Gasteiger partial charge is 0.324 e. The van der Waals surface area contributed by atoms with Gasteiger partial charge in [0.05, 0.1) is 11.0 Å².